The summed E-state index contributed by atoms with van der Waals surface area (Å²) >= 11 is 0. The van der Waals surface area contributed by atoms with Gasteiger partial charge in [-0.05, 0) is 37.2 Å². The largest absolute Gasteiger partial charge is 0.352 e. The molecule has 0 aliphatic heterocycles. The van der Waals surface area contributed by atoms with Gasteiger partial charge in [0.25, 0.3) is 5.91 Å². The fraction of sp³-hybridized carbons (Fsp3) is 0.188. The molecule has 0 saturated heterocycles. The first-order valence-electron chi connectivity index (χ1n) is 6.88. The summed E-state index contributed by atoms with van der Waals surface area (Å²) in [6.07, 6.45) is 0.723. The molecule has 0 bridgehead atoms. The van der Waals surface area contributed by atoms with Crippen molar-refractivity contribution in [3.05, 3.63) is 65.7 Å². The average molecular weight is 318 g/mol. The van der Waals surface area contributed by atoms with E-state index in [1.807, 2.05) is 30.3 Å². The molecule has 0 atom stereocenters. The number of sulfonamides is 1. The number of nitrogens with one attached hydrogen (secondary N) is 2. The second kappa shape index (κ2) is 7.20. The Morgan fingerprint density at radius 1 is 1.05 bits per heavy atom. The molecule has 0 heterocycles. The van der Waals surface area contributed by atoms with E-state index >= 15 is 0 Å². The lowest BCUT2D eigenvalue weighted by atomic mass is 10.1. The third-order valence-corrected chi connectivity index (χ3v) is 4.63. The molecule has 2 rings (SSSR count). The number of carbonyl (C=O) groups is 1. The third kappa shape index (κ3) is 4.16. The molecule has 0 fully saturated rings. The summed E-state index contributed by atoms with van der Waals surface area (Å²) in [5.41, 5.74) is 1.46. The lowest BCUT2D eigenvalue weighted by molar-refractivity contribution is 0.0954. The molecular weight excluding hydrogens is 300 g/mol. The SMILES string of the molecule is CNS(=O)(=O)c1cccc(C(=O)NCCc2ccccc2)c1. The van der Waals surface area contributed by atoms with Crippen LogP contribution in [-0.2, 0) is 16.4 Å². The minimum absolute atomic E-state index is 0.0747. The summed E-state index contributed by atoms with van der Waals surface area (Å²) in [6, 6.07) is 15.8. The zero-order valence-corrected chi connectivity index (χ0v) is 13.1. The van der Waals surface area contributed by atoms with Crippen molar-refractivity contribution < 1.29 is 13.2 Å². The third-order valence-electron chi connectivity index (χ3n) is 3.22. The van der Waals surface area contributed by atoms with Crippen LogP contribution in [0.1, 0.15) is 15.9 Å². The standard InChI is InChI=1S/C16H18N2O3S/c1-17-22(20,21)15-9-5-8-14(12-15)16(19)18-11-10-13-6-3-2-4-7-13/h2-9,12,17H,10-11H2,1H3,(H,18,19). The van der Waals surface area contributed by atoms with Crippen LogP contribution in [0.5, 0.6) is 0 Å². The topological polar surface area (TPSA) is 75.3 Å². The maximum atomic E-state index is 12.1. The van der Waals surface area contributed by atoms with Crippen molar-refractivity contribution in [2.75, 3.05) is 13.6 Å². The number of hydrogen-bond donors (Lipinski definition) is 2. The fourth-order valence-corrected chi connectivity index (χ4v) is 2.76. The molecule has 1 amide bonds. The van der Waals surface area contributed by atoms with E-state index in [1.54, 1.807) is 12.1 Å². The Morgan fingerprint density at radius 3 is 2.45 bits per heavy atom. The second-order valence-electron chi connectivity index (χ2n) is 4.73. The number of carbonyl (C=O) groups excluding carboxylic acids is 1. The van der Waals surface area contributed by atoms with Crippen LogP contribution in [0.4, 0.5) is 0 Å². The van der Waals surface area contributed by atoms with Gasteiger partial charge in [-0.15, -0.1) is 0 Å². The Bertz CT molecular complexity index is 743. The number of hydrogen-bond acceptors (Lipinski definition) is 3. The summed E-state index contributed by atoms with van der Waals surface area (Å²) in [7, 11) is -2.21. The molecule has 0 saturated carbocycles. The smallest absolute Gasteiger partial charge is 0.251 e. The molecular formula is C16H18N2O3S. The van der Waals surface area contributed by atoms with Gasteiger partial charge in [-0.1, -0.05) is 36.4 Å². The lowest BCUT2D eigenvalue weighted by Gasteiger charge is -2.07. The van der Waals surface area contributed by atoms with E-state index in [0.29, 0.717) is 12.1 Å². The van der Waals surface area contributed by atoms with Crippen molar-refractivity contribution in [2.45, 2.75) is 11.3 Å². The van der Waals surface area contributed by atoms with Crippen LogP contribution in [0.2, 0.25) is 0 Å². The van der Waals surface area contributed by atoms with E-state index in [1.165, 1.54) is 19.2 Å². The van der Waals surface area contributed by atoms with Gasteiger partial charge in [-0.2, -0.15) is 0 Å². The second-order valence-corrected chi connectivity index (χ2v) is 6.61. The molecule has 2 N–H and O–H groups in total. The molecule has 2 aromatic carbocycles. The highest BCUT2D eigenvalue weighted by atomic mass is 32.2. The monoisotopic (exact) mass is 318 g/mol. The van der Waals surface area contributed by atoms with Gasteiger partial charge in [0.15, 0.2) is 0 Å². The first-order chi connectivity index (χ1) is 10.5. The molecule has 6 heteroatoms. The molecule has 22 heavy (non-hydrogen) atoms. The van der Waals surface area contributed by atoms with E-state index in [9.17, 15) is 13.2 Å². The average Bonchev–Trinajstić information content (AvgIpc) is 2.56. The van der Waals surface area contributed by atoms with E-state index in [4.69, 9.17) is 0 Å². The van der Waals surface area contributed by atoms with Gasteiger partial charge in [-0.3, -0.25) is 4.79 Å². The molecule has 5 nitrogen and oxygen atoms in total. The molecule has 0 aromatic heterocycles. The van der Waals surface area contributed by atoms with Crippen LogP contribution in [0.25, 0.3) is 0 Å². The van der Waals surface area contributed by atoms with Crippen LogP contribution in [0, 0.1) is 0 Å². The molecule has 0 unspecified atom stereocenters. The van der Waals surface area contributed by atoms with Gasteiger partial charge in [0.2, 0.25) is 10.0 Å². The molecule has 0 aliphatic carbocycles. The Labute approximate surface area is 130 Å². The summed E-state index contributed by atoms with van der Waals surface area (Å²) in [6.45, 7) is 0.492. The highest BCUT2D eigenvalue weighted by molar-refractivity contribution is 7.89. The van der Waals surface area contributed by atoms with E-state index in [-0.39, 0.29) is 10.8 Å². The van der Waals surface area contributed by atoms with Crippen molar-refractivity contribution >= 4 is 15.9 Å². The Kier molecular flexibility index (Phi) is 5.30. The fourth-order valence-electron chi connectivity index (χ4n) is 1.99. The van der Waals surface area contributed by atoms with Gasteiger partial charge in [0, 0.05) is 12.1 Å². The van der Waals surface area contributed by atoms with E-state index < -0.39 is 10.0 Å². The van der Waals surface area contributed by atoms with Crippen molar-refractivity contribution in [1.82, 2.24) is 10.0 Å². The van der Waals surface area contributed by atoms with E-state index in [0.717, 1.165) is 12.0 Å². The van der Waals surface area contributed by atoms with Crippen LogP contribution < -0.4 is 10.0 Å². The zero-order chi connectivity index (χ0) is 16.0. The van der Waals surface area contributed by atoms with E-state index in [2.05, 4.69) is 10.0 Å². The minimum Gasteiger partial charge on any atom is -0.352 e. The quantitative estimate of drug-likeness (QED) is 0.849. The van der Waals surface area contributed by atoms with Gasteiger partial charge >= 0.3 is 0 Å². The van der Waals surface area contributed by atoms with Gasteiger partial charge < -0.3 is 5.32 Å². The number of rotatable bonds is 6. The highest BCUT2D eigenvalue weighted by Gasteiger charge is 2.13. The van der Waals surface area contributed by atoms with Crippen LogP contribution in [-0.4, -0.2) is 27.9 Å². The van der Waals surface area contributed by atoms with Crippen molar-refractivity contribution in [1.29, 1.82) is 0 Å². The summed E-state index contributed by atoms with van der Waals surface area (Å²) in [5, 5.41) is 2.79. The Morgan fingerprint density at radius 2 is 1.77 bits per heavy atom. The summed E-state index contributed by atoms with van der Waals surface area (Å²) < 4.78 is 25.7. The van der Waals surface area contributed by atoms with Crippen molar-refractivity contribution in [3.63, 3.8) is 0 Å². The predicted molar refractivity (Wildman–Crippen MR) is 85.2 cm³/mol. The molecule has 0 aliphatic rings. The lowest BCUT2D eigenvalue weighted by Crippen LogP contribution is -2.26. The van der Waals surface area contributed by atoms with Gasteiger partial charge in [0.1, 0.15) is 0 Å². The zero-order valence-electron chi connectivity index (χ0n) is 12.2. The first kappa shape index (κ1) is 16.2. The molecule has 0 spiro atoms. The number of amides is 1. The van der Waals surface area contributed by atoms with Crippen LogP contribution in [0.3, 0.4) is 0 Å². The van der Waals surface area contributed by atoms with Crippen molar-refractivity contribution in [3.8, 4) is 0 Å². The molecule has 116 valence electrons. The number of benzene rings is 2. The summed E-state index contributed by atoms with van der Waals surface area (Å²) in [5.74, 6) is -0.288. The van der Waals surface area contributed by atoms with Crippen LogP contribution >= 0.6 is 0 Å². The minimum atomic E-state index is -3.55. The first-order valence-corrected chi connectivity index (χ1v) is 8.37. The van der Waals surface area contributed by atoms with Gasteiger partial charge in [0.05, 0.1) is 4.90 Å². The normalized spacial score (nSPS) is 11.1. The summed E-state index contributed by atoms with van der Waals surface area (Å²) in [4.78, 5) is 12.2. The molecule has 0 radical (unpaired) electrons. The molecule has 2 aromatic rings. The Balaban J connectivity index is 2.00. The van der Waals surface area contributed by atoms with Gasteiger partial charge in [-0.25, -0.2) is 13.1 Å². The van der Waals surface area contributed by atoms with Crippen molar-refractivity contribution in [2.24, 2.45) is 0 Å². The highest BCUT2D eigenvalue weighted by Crippen LogP contribution is 2.11. The van der Waals surface area contributed by atoms with Crippen LogP contribution in [0.15, 0.2) is 59.5 Å². The predicted octanol–water partition coefficient (Wildman–Crippen LogP) is 1.57. The maximum Gasteiger partial charge on any atom is 0.251 e. The maximum absolute atomic E-state index is 12.1. The Hall–Kier alpha value is -2.18.